The van der Waals surface area contributed by atoms with Crippen LogP contribution in [-0.2, 0) is 16.1 Å². The molecule has 208 valence electrons. The number of aromatic nitrogens is 3. The number of benzene rings is 2. The van der Waals surface area contributed by atoms with Crippen LogP contribution in [0, 0.1) is 6.92 Å². The van der Waals surface area contributed by atoms with Crippen molar-refractivity contribution in [2.75, 3.05) is 24.3 Å². The van der Waals surface area contributed by atoms with Crippen molar-refractivity contribution < 1.29 is 19.0 Å². The number of ether oxygens (including phenoxy) is 3. The van der Waals surface area contributed by atoms with E-state index >= 15 is 0 Å². The van der Waals surface area contributed by atoms with Crippen molar-refractivity contribution in [3.05, 3.63) is 70.4 Å². The van der Waals surface area contributed by atoms with Gasteiger partial charge >= 0.3 is 5.97 Å². The topological polar surface area (TPSA) is 87.5 Å². The number of nitrogens with one attached hydrogen (secondary N) is 1. The van der Waals surface area contributed by atoms with Gasteiger partial charge < -0.3 is 19.5 Å². The molecule has 1 aliphatic rings. The summed E-state index contributed by atoms with van der Waals surface area (Å²) in [7, 11) is 0. The Morgan fingerprint density at radius 2 is 1.82 bits per heavy atom. The normalized spacial score (nSPS) is 14.5. The molecular weight excluding hydrogens is 512 g/mol. The van der Waals surface area contributed by atoms with Crippen molar-refractivity contribution >= 4 is 23.7 Å². The summed E-state index contributed by atoms with van der Waals surface area (Å²) in [5.41, 5.74) is 4.31. The number of fused-ring (bicyclic) bond motifs is 1. The molecule has 0 amide bonds. The maximum Gasteiger partial charge on any atom is 0.338 e. The summed E-state index contributed by atoms with van der Waals surface area (Å²) in [6.07, 6.45) is 2.93. The van der Waals surface area contributed by atoms with Crippen LogP contribution in [0.15, 0.2) is 58.9 Å². The molecule has 3 aromatic rings. The highest BCUT2D eigenvalue weighted by Crippen LogP contribution is 2.40. The molecule has 1 atom stereocenters. The summed E-state index contributed by atoms with van der Waals surface area (Å²) in [5.74, 6) is 2.41. The van der Waals surface area contributed by atoms with E-state index in [2.05, 4.69) is 43.4 Å². The highest BCUT2D eigenvalue weighted by atomic mass is 32.2. The fourth-order valence-corrected chi connectivity index (χ4v) is 5.19. The number of unbranched alkanes of at least 4 members (excludes halogenated alkanes) is 1. The number of hydrogen-bond donors (Lipinski definition) is 1. The van der Waals surface area contributed by atoms with Gasteiger partial charge in [-0.3, -0.25) is 0 Å². The zero-order chi connectivity index (χ0) is 27.8. The van der Waals surface area contributed by atoms with Gasteiger partial charge in [-0.25, -0.2) is 9.48 Å². The van der Waals surface area contributed by atoms with E-state index in [1.807, 2.05) is 39.0 Å². The van der Waals surface area contributed by atoms with Gasteiger partial charge in [-0.2, -0.15) is 4.98 Å². The van der Waals surface area contributed by atoms with E-state index in [1.165, 1.54) is 5.56 Å². The standard InChI is InChI=1S/C30H38N4O4S/c1-6-9-17-39-30-32-29-31-21(5)26(28(35)37-16-7-2)27(34(29)33-30)23-14-15-24(25(18-23)36-8-3)38-19-22-12-10-20(4)11-13-22/h10-15,18,27H,6-9,16-17,19H2,1-5H3,(H,31,32,33). The van der Waals surface area contributed by atoms with Crippen LogP contribution >= 0.6 is 11.8 Å². The van der Waals surface area contributed by atoms with Crippen LogP contribution in [0.4, 0.5) is 5.95 Å². The molecule has 0 bridgehead atoms. The molecule has 0 saturated heterocycles. The lowest BCUT2D eigenvalue weighted by molar-refractivity contribution is -0.139. The van der Waals surface area contributed by atoms with Crippen LogP contribution in [0.3, 0.4) is 0 Å². The zero-order valence-corrected chi connectivity index (χ0v) is 24.3. The Morgan fingerprint density at radius 3 is 2.54 bits per heavy atom. The van der Waals surface area contributed by atoms with E-state index in [0.29, 0.717) is 53.7 Å². The van der Waals surface area contributed by atoms with Gasteiger partial charge in [-0.15, -0.1) is 5.10 Å². The first-order chi connectivity index (χ1) is 18.9. The van der Waals surface area contributed by atoms with Crippen molar-refractivity contribution in [3.63, 3.8) is 0 Å². The number of carbonyl (C=O) groups excluding carboxylic acids is 1. The Morgan fingerprint density at radius 1 is 1.03 bits per heavy atom. The van der Waals surface area contributed by atoms with E-state index in [9.17, 15) is 4.79 Å². The first-order valence-corrected chi connectivity index (χ1v) is 14.6. The molecule has 1 aliphatic heterocycles. The Hall–Kier alpha value is -3.46. The van der Waals surface area contributed by atoms with E-state index in [4.69, 9.17) is 24.3 Å². The molecule has 1 aromatic heterocycles. The average Bonchev–Trinajstić information content (AvgIpc) is 3.33. The second-order valence-corrected chi connectivity index (χ2v) is 10.5. The second kappa shape index (κ2) is 13.6. The summed E-state index contributed by atoms with van der Waals surface area (Å²) in [6.45, 7) is 11.3. The molecule has 0 saturated carbocycles. The van der Waals surface area contributed by atoms with Gasteiger partial charge in [0.15, 0.2) is 11.5 Å². The van der Waals surface area contributed by atoms with Crippen LogP contribution in [0.25, 0.3) is 0 Å². The second-order valence-electron chi connectivity index (χ2n) is 9.48. The smallest absolute Gasteiger partial charge is 0.338 e. The van der Waals surface area contributed by atoms with Gasteiger partial charge in [0, 0.05) is 11.4 Å². The molecular formula is C30H38N4O4S. The van der Waals surface area contributed by atoms with Gasteiger partial charge in [0.25, 0.3) is 0 Å². The fourth-order valence-electron chi connectivity index (χ4n) is 4.27. The largest absolute Gasteiger partial charge is 0.490 e. The third-order valence-corrected chi connectivity index (χ3v) is 7.24. The van der Waals surface area contributed by atoms with Crippen LogP contribution < -0.4 is 14.8 Å². The molecule has 0 aliphatic carbocycles. The molecule has 1 N–H and O–H groups in total. The van der Waals surface area contributed by atoms with Crippen LogP contribution in [-0.4, -0.2) is 39.7 Å². The SMILES string of the molecule is CCCCSc1nc2n(n1)C(c1ccc(OCc3ccc(C)cc3)c(OCC)c1)C(C(=O)OCCC)=C(C)N2. The van der Waals surface area contributed by atoms with Gasteiger partial charge in [0.05, 0.1) is 18.8 Å². The summed E-state index contributed by atoms with van der Waals surface area (Å²) in [5, 5.41) is 8.75. The highest BCUT2D eigenvalue weighted by Gasteiger charge is 2.35. The Kier molecular flexibility index (Phi) is 9.92. The van der Waals surface area contributed by atoms with Crippen LogP contribution in [0.2, 0.25) is 0 Å². The fraction of sp³-hybridized carbons (Fsp3) is 0.433. The average molecular weight is 551 g/mol. The zero-order valence-electron chi connectivity index (χ0n) is 23.5. The molecule has 4 rings (SSSR count). The van der Waals surface area contributed by atoms with Crippen molar-refractivity contribution in [1.82, 2.24) is 14.8 Å². The predicted octanol–water partition coefficient (Wildman–Crippen LogP) is 6.70. The van der Waals surface area contributed by atoms with Crippen molar-refractivity contribution in [3.8, 4) is 11.5 Å². The maximum absolute atomic E-state index is 13.3. The van der Waals surface area contributed by atoms with Crippen molar-refractivity contribution in [1.29, 1.82) is 0 Å². The first-order valence-electron chi connectivity index (χ1n) is 13.6. The monoisotopic (exact) mass is 550 g/mol. The third kappa shape index (κ3) is 6.95. The molecule has 2 aromatic carbocycles. The minimum absolute atomic E-state index is 0.348. The number of aryl methyl sites for hydroxylation is 1. The van der Waals surface area contributed by atoms with E-state index in [1.54, 1.807) is 16.4 Å². The van der Waals surface area contributed by atoms with Crippen molar-refractivity contribution in [2.45, 2.75) is 71.7 Å². The quantitative estimate of drug-likeness (QED) is 0.143. The molecule has 2 heterocycles. The van der Waals surface area contributed by atoms with Crippen LogP contribution in [0.1, 0.15) is 69.7 Å². The lowest BCUT2D eigenvalue weighted by Gasteiger charge is -2.28. The number of allylic oxidation sites excluding steroid dienone is 1. The highest BCUT2D eigenvalue weighted by molar-refractivity contribution is 7.99. The molecule has 9 heteroatoms. The van der Waals surface area contributed by atoms with E-state index in [-0.39, 0.29) is 5.97 Å². The summed E-state index contributed by atoms with van der Waals surface area (Å²) in [6, 6.07) is 13.5. The van der Waals surface area contributed by atoms with Crippen molar-refractivity contribution in [2.24, 2.45) is 0 Å². The summed E-state index contributed by atoms with van der Waals surface area (Å²) in [4.78, 5) is 18.0. The number of carbonyl (C=O) groups is 1. The number of hydrogen-bond acceptors (Lipinski definition) is 8. The van der Waals surface area contributed by atoms with Gasteiger partial charge in [-0.05, 0) is 56.9 Å². The number of nitrogens with zero attached hydrogens (tertiary/aromatic N) is 3. The molecule has 1 unspecified atom stereocenters. The summed E-state index contributed by atoms with van der Waals surface area (Å²) < 4.78 is 19.5. The predicted molar refractivity (Wildman–Crippen MR) is 154 cm³/mol. The molecule has 0 spiro atoms. The molecule has 8 nitrogen and oxygen atoms in total. The van der Waals surface area contributed by atoms with Gasteiger partial charge in [-0.1, -0.05) is 67.9 Å². The number of rotatable bonds is 13. The lowest BCUT2D eigenvalue weighted by atomic mass is 9.95. The first kappa shape index (κ1) is 28.5. The number of anilines is 1. The molecule has 39 heavy (non-hydrogen) atoms. The molecule has 0 radical (unpaired) electrons. The van der Waals surface area contributed by atoms with E-state index in [0.717, 1.165) is 36.1 Å². The Labute approximate surface area is 235 Å². The number of thioether (sulfide) groups is 1. The van der Waals surface area contributed by atoms with Crippen LogP contribution in [0.5, 0.6) is 11.5 Å². The minimum atomic E-state index is -0.524. The lowest BCUT2D eigenvalue weighted by Crippen LogP contribution is -2.29. The Balaban J connectivity index is 1.70. The van der Waals surface area contributed by atoms with Gasteiger partial charge in [0.1, 0.15) is 12.6 Å². The maximum atomic E-state index is 13.3. The minimum Gasteiger partial charge on any atom is -0.490 e. The third-order valence-electron chi connectivity index (χ3n) is 6.32. The number of esters is 1. The summed E-state index contributed by atoms with van der Waals surface area (Å²) >= 11 is 1.62. The van der Waals surface area contributed by atoms with Gasteiger partial charge in [0.2, 0.25) is 11.1 Å². The van der Waals surface area contributed by atoms with E-state index < -0.39 is 6.04 Å². The molecule has 0 fully saturated rings. The Bertz CT molecular complexity index is 1300.